The lowest BCUT2D eigenvalue weighted by atomic mass is 9.72. The van der Waals surface area contributed by atoms with Crippen molar-refractivity contribution < 1.29 is 32.6 Å². The van der Waals surface area contributed by atoms with Crippen LogP contribution in [0, 0.1) is 16.7 Å². The van der Waals surface area contributed by atoms with E-state index in [2.05, 4.69) is 12.1 Å². The average Bonchev–Trinajstić information content (AvgIpc) is 3.34. The van der Waals surface area contributed by atoms with E-state index in [1.54, 1.807) is 72.8 Å². The molecule has 0 unspecified atom stereocenters. The van der Waals surface area contributed by atoms with Gasteiger partial charge in [0.25, 0.3) is 0 Å². The van der Waals surface area contributed by atoms with Crippen LogP contribution in [0.25, 0.3) is 5.76 Å². The zero-order valence-electron chi connectivity index (χ0n) is 37.4. The van der Waals surface area contributed by atoms with E-state index in [1.165, 1.54) is 29.8 Å². The number of amidine groups is 2. The SMILES string of the molecule is N=C(N)c1ccc(OCCCCCOc2ccc(C(=N)N)cc2)cc1.Nc1ccc(S(=O)(=O)c2ccc(N)cc2)cc1.O=C1C(=O)c2ccccc2C(O)=C1C1CCC(c2ccc(Cl)cc2)CC1. The number of hydrogen-bond donors (Lipinski definition) is 7. The van der Waals surface area contributed by atoms with Crippen LogP contribution in [-0.2, 0) is 14.6 Å². The van der Waals surface area contributed by atoms with Crippen LogP contribution >= 0.6 is 11.6 Å². The lowest BCUT2D eigenvalue weighted by molar-refractivity contribution is -0.112. The zero-order chi connectivity index (χ0) is 48.8. The predicted molar refractivity (Wildman–Crippen MR) is 268 cm³/mol. The molecule has 13 nitrogen and oxygen atoms in total. The summed E-state index contributed by atoms with van der Waals surface area (Å²) < 4.78 is 35.7. The van der Waals surface area contributed by atoms with E-state index in [1.807, 2.05) is 36.4 Å². The number of hydrogen-bond acceptors (Lipinski definition) is 11. The van der Waals surface area contributed by atoms with E-state index in [9.17, 15) is 23.1 Å². The number of aliphatic hydroxyl groups excluding tert-OH is 1. The Morgan fingerprint density at radius 3 is 1.44 bits per heavy atom. The number of halogens is 1. The quantitative estimate of drug-likeness (QED) is 0.0178. The van der Waals surface area contributed by atoms with Crippen LogP contribution in [0.1, 0.15) is 83.5 Å². The van der Waals surface area contributed by atoms with E-state index < -0.39 is 21.4 Å². The first-order chi connectivity index (χ1) is 32.6. The summed E-state index contributed by atoms with van der Waals surface area (Å²) in [5.74, 6) is 0.976. The molecule has 0 radical (unpaired) electrons. The molecule has 0 aliphatic heterocycles. The van der Waals surface area contributed by atoms with Gasteiger partial charge in [-0.05, 0) is 172 Å². The van der Waals surface area contributed by atoms with Gasteiger partial charge in [0.15, 0.2) is 0 Å². The van der Waals surface area contributed by atoms with Crippen LogP contribution in [0.3, 0.4) is 0 Å². The molecule has 0 spiro atoms. The lowest BCUT2D eigenvalue weighted by Crippen LogP contribution is -2.29. The Labute approximate surface area is 401 Å². The molecular formula is C53H55ClN6O7S. The number of nitrogens with two attached hydrogens (primary N) is 4. The summed E-state index contributed by atoms with van der Waals surface area (Å²) in [5, 5.41) is 26.1. The second-order valence-corrected chi connectivity index (χ2v) is 18.7. The van der Waals surface area contributed by atoms with E-state index in [-0.39, 0.29) is 33.1 Å². The van der Waals surface area contributed by atoms with Gasteiger partial charge in [-0.3, -0.25) is 20.4 Å². The Balaban J connectivity index is 0.000000172. The van der Waals surface area contributed by atoms with Gasteiger partial charge in [0.2, 0.25) is 21.4 Å². The molecule has 352 valence electrons. The molecular weight excluding hydrogens is 900 g/mol. The van der Waals surface area contributed by atoms with Crippen molar-refractivity contribution in [3.8, 4) is 11.5 Å². The Morgan fingerprint density at radius 1 is 0.574 bits per heavy atom. The number of ketones is 2. The van der Waals surface area contributed by atoms with Crippen molar-refractivity contribution in [2.24, 2.45) is 17.4 Å². The van der Waals surface area contributed by atoms with E-state index >= 15 is 0 Å². The topological polar surface area (TPSA) is 259 Å². The highest BCUT2D eigenvalue weighted by atomic mass is 35.5. The highest BCUT2D eigenvalue weighted by molar-refractivity contribution is 7.91. The maximum absolute atomic E-state index is 12.6. The minimum atomic E-state index is -3.48. The van der Waals surface area contributed by atoms with Crippen LogP contribution in [-0.4, -0.2) is 50.0 Å². The van der Waals surface area contributed by atoms with Crippen molar-refractivity contribution in [1.82, 2.24) is 0 Å². The fourth-order valence-electron chi connectivity index (χ4n) is 7.87. The second-order valence-electron chi connectivity index (χ2n) is 16.3. The van der Waals surface area contributed by atoms with Crippen molar-refractivity contribution in [2.75, 3.05) is 24.7 Å². The summed E-state index contributed by atoms with van der Waals surface area (Å²) in [6.07, 6.45) is 6.32. The third kappa shape index (κ3) is 13.1. The number of anilines is 2. The molecule has 0 heterocycles. The van der Waals surface area contributed by atoms with E-state index in [0.717, 1.165) is 61.5 Å². The van der Waals surface area contributed by atoms with Gasteiger partial charge in [-0.1, -0.05) is 48.0 Å². The molecule has 6 aromatic carbocycles. The van der Waals surface area contributed by atoms with Gasteiger partial charge in [-0.25, -0.2) is 8.42 Å². The number of nitrogens with one attached hydrogen (secondary N) is 2. The monoisotopic (exact) mass is 954 g/mol. The number of carbonyl (C=O) groups excluding carboxylic acids is 2. The molecule has 0 bridgehead atoms. The predicted octanol–water partition coefficient (Wildman–Crippen LogP) is 9.92. The number of carbonyl (C=O) groups is 2. The molecule has 6 aromatic rings. The van der Waals surface area contributed by atoms with Crippen molar-refractivity contribution in [3.63, 3.8) is 0 Å². The van der Waals surface area contributed by atoms with Crippen LogP contribution in [0.15, 0.2) is 161 Å². The fourth-order valence-corrected chi connectivity index (χ4v) is 9.25. The Bertz CT molecular complexity index is 2730. The Hall–Kier alpha value is -7.42. The molecule has 0 amide bonds. The number of ether oxygens (including phenoxy) is 2. The molecule has 1 saturated carbocycles. The van der Waals surface area contributed by atoms with Gasteiger partial charge in [0.1, 0.15) is 28.9 Å². The number of aliphatic hydroxyl groups is 1. The number of rotatable bonds is 14. The molecule has 0 aromatic heterocycles. The highest BCUT2D eigenvalue weighted by Crippen LogP contribution is 2.42. The second kappa shape index (κ2) is 23.3. The van der Waals surface area contributed by atoms with E-state index in [0.29, 0.717) is 58.3 Å². The van der Waals surface area contributed by atoms with Crippen LogP contribution in [0.4, 0.5) is 11.4 Å². The van der Waals surface area contributed by atoms with Crippen molar-refractivity contribution in [3.05, 3.63) is 184 Å². The summed E-state index contributed by atoms with van der Waals surface area (Å²) in [6.45, 7) is 1.29. The van der Waals surface area contributed by atoms with Crippen LogP contribution < -0.4 is 32.4 Å². The first kappa shape index (κ1) is 50.0. The summed E-state index contributed by atoms with van der Waals surface area (Å²) in [4.78, 5) is 25.5. The number of nitrogen functional groups attached to an aromatic ring is 4. The Kier molecular flexibility index (Phi) is 17.2. The molecule has 8 rings (SSSR count). The molecule has 2 aliphatic carbocycles. The third-order valence-electron chi connectivity index (χ3n) is 11.6. The summed E-state index contributed by atoms with van der Waals surface area (Å²) in [6, 6.07) is 41.3. The summed E-state index contributed by atoms with van der Waals surface area (Å²) in [7, 11) is -3.48. The number of unbranched alkanes of at least 4 members (excludes halogenated alkanes) is 2. The van der Waals surface area contributed by atoms with Gasteiger partial charge >= 0.3 is 0 Å². The number of Topliss-reactive ketones (excluding diaryl/α,β-unsaturated/α-hetero) is 2. The molecule has 15 heteroatoms. The van der Waals surface area contributed by atoms with Gasteiger partial charge < -0.3 is 37.5 Å². The summed E-state index contributed by atoms with van der Waals surface area (Å²) in [5.41, 5.74) is 26.6. The number of benzene rings is 6. The number of fused-ring (bicyclic) bond motifs is 1. The molecule has 0 atom stereocenters. The van der Waals surface area contributed by atoms with Crippen molar-refractivity contribution in [1.29, 1.82) is 10.8 Å². The van der Waals surface area contributed by atoms with Gasteiger partial charge in [-0.2, -0.15) is 0 Å². The molecule has 1 fully saturated rings. The molecule has 11 N–H and O–H groups in total. The number of sulfone groups is 1. The zero-order valence-corrected chi connectivity index (χ0v) is 38.9. The van der Waals surface area contributed by atoms with Gasteiger partial charge in [0, 0.05) is 44.2 Å². The van der Waals surface area contributed by atoms with Crippen molar-refractivity contribution >= 4 is 61.8 Å². The fraction of sp³-hybridized carbons (Fsp3) is 0.208. The Morgan fingerprint density at radius 2 is 1.00 bits per heavy atom. The average molecular weight is 956 g/mol. The standard InChI is InChI=1S/C22H19ClO3.C19H24N4O2.C12H12N2O2S/c23-16-11-9-14(10-12-16)13-5-7-15(8-6-13)19-20(24)17-3-1-2-4-18(17)21(25)22(19)26;20-18(21)14-4-8-16(9-5-14)24-12-2-1-3-13-25-17-10-6-15(7-11-17)19(22)23;13-9-1-5-11(6-2-9)17(15,16)12-7-3-10(14)4-8-12/h1-4,9-13,15,24H,5-8H2;4-11H,1-3,12-13H2,(H3,20,21)(H3,22,23);1-8H,13-14H2. The van der Waals surface area contributed by atoms with E-state index in [4.69, 9.17) is 54.8 Å². The molecule has 0 saturated heterocycles. The highest BCUT2D eigenvalue weighted by Gasteiger charge is 2.38. The van der Waals surface area contributed by atoms with Crippen LogP contribution in [0.2, 0.25) is 5.02 Å². The summed E-state index contributed by atoms with van der Waals surface area (Å²) >= 11 is 5.96. The first-order valence-corrected chi connectivity index (χ1v) is 24.0. The van der Waals surface area contributed by atoms with Gasteiger partial charge in [-0.15, -0.1) is 0 Å². The maximum Gasteiger partial charge on any atom is 0.234 e. The first-order valence-electron chi connectivity index (χ1n) is 22.1. The normalized spacial score (nSPS) is 15.4. The maximum atomic E-state index is 12.6. The minimum absolute atomic E-state index is 0.0138. The van der Waals surface area contributed by atoms with Gasteiger partial charge in [0.05, 0.1) is 23.0 Å². The third-order valence-corrected chi connectivity index (χ3v) is 13.7. The largest absolute Gasteiger partial charge is 0.507 e. The number of allylic oxidation sites excluding steroid dienone is 1. The molecule has 2 aliphatic rings. The van der Waals surface area contributed by atoms with Crippen LogP contribution in [0.5, 0.6) is 11.5 Å². The molecule has 68 heavy (non-hydrogen) atoms. The lowest BCUT2D eigenvalue weighted by Gasteiger charge is -2.31. The van der Waals surface area contributed by atoms with Crippen molar-refractivity contribution in [2.45, 2.75) is 60.7 Å². The minimum Gasteiger partial charge on any atom is -0.507 e. The smallest absolute Gasteiger partial charge is 0.234 e.